The van der Waals surface area contributed by atoms with E-state index >= 15 is 0 Å². The maximum absolute atomic E-state index is 12.7. The van der Waals surface area contributed by atoms with Crippen molar-refractivity contribution in [2.75, 3.05) is 18.6 Å². The van der Waals surface area contributed by atoms with E-state index in [2.05, 4.69) is 5.32 Å². The average Bonchev–Trinajstić information content (AvgIpc) is 2.94. The molecule has 130 valence electrons. The maximum atomic E-state index is 12.7. The second-order valence-corrected chi connectivity index (χ2v) is 6.45. The molecule has 1 N–H and O–H groups in total. The largest absolute Gasteiger partial charge is 0.496 e. The fourth-order valence-electron chi connectivity index (χ4n) is 3.06. The summed E-state index contributed by atoms with van der Waals surface area (Å²) >= 11 is 6.00. The third-order valence-electron chi connectivity index (χ3n) is 4.26. The molecule has 25 heavy (non-hydrogen) atoms. The monoisotopic (exact) mass is 358 g/mol. The molecule has 1 saturated heterocycles. The Morgan fingerprint density at radius 2 is 2.04 bits per heavy atom. The topological polar surface area (TPSA) is 58.6 Å². The van der Waals surface area contributed by atoms with Crippen molar-refractivity contribution in [2.45, 2.75) is 19.4 Å². The number of rotatable bonds is 4. The zero-order valence-corrected chi connectivity index (χ0v) is 14.8. The number of nitrogens with one attached hydrogen (secondary N) is 1. The van der Waals surface area contributed by atoms with E-state index in [1.54, 1.807) is 29.2 Å². The highest BCUT2D eigenvalue weighted by Gasteiger charge is 2.32. The van der Waals surface area contributed by atoms with Gasteiger partial charge in [0.2, 0.25) is 5.91 Å². The van der Waals surface area contributed by atoms with E-state index in [0.717, 1.165) is 11.3 Å². The third kappa shape index (κ3) is 3.61. The summed E-state index contributed by atoms with van der Waals surface area (Å²) in [7, 11) is 1.53. The number of halogens is 1. The maximum Gasteiger partial charge on any atom is 0.255 e. The van der Waals surface area contributed by atoms with E-state index in [0.29, 0.717) is 22.9 Å². The van der Waals surface area contributed by atoms with Crippen molar-refractivity contribution in [2.24, 2.45) is 0 Å². The quantitative estimate of drug-likeness (QED) is 0.913. The van der Waals surface area contributed by atoms with Crippen molar-refractivity contribution >= 4 is 29.1 Å². The Labute approximate surface area is 151 Å². The van der Waals surface area contributed by atoms with Crippen molar-refractivity contribution in [3.05, 3.63) is 58.6 Å². The van der Waals surface area contributed by atoms with Crippen LogP contribution in [0, 0.1) is 6.92 Å². The minimum Gasteiger partial charge on any atom is -0.496 e. The Kier molecular flexibility index (Phi) is 4.95. The summed E-state index contributed by atoms with van der Waals surface area (Å²) < 4.78 is 5.28. The molecule has 6 heteroatoms. The fraction of sp³-hybridized carbons (Fsp3) is 0.263. The SMILES string of the molecule is COc1cccc(C)c1C(=O)NC1CC(=O)N(c2cccc(Cl)c2)C1. The van der Waals surface area contributed by atoms with Gasteiger partial charge in [0.1, 0.15) is 5.75 Å². The zero-order valence-electron chi connectivity index (χ0n) is 14.1. The first kappa shape index (κ1) is 17.3. The lowest BCUT2D eigenvalue weighted by atomic mass is 10.1. The van der Waals surface area contributed by atoms with Crippen LogP contribution in [-0.4, -0.2) is 31.5 Å². The molecule has 0 radical (unpaired) electrons. The van der Waals surface area contributed by atoms with Crippen LogP contribution in [0.3, 0.4) is 0 Å². The number of carbonyl (C=O) groups is 2. The molecule has 1 aliphatic rings. The van der Waals surface area contributed by atoms with Crippen LogP contribution in [0.2, 0.25) is 5.02 Å². The van der Waals surface area contributed by atoms with Gasteiger partial charge in [0, 0.05) is 23.7 Å². The number of nitrogens with zero attached hydrogens (tertiary/aromatic N) is 1. The molecular formula is C19H19ClN2O3. The first-order valence-corrected chi connectivity index (χ1v) is 8.38. The van der Waals surface area contributed by atoms with Crippen LogP contribution < -0.4 is 15.0 Å². The molecule has 2 amide bonds. The van der Waals surface area contributed by atoms with Gasteiger partial charge in [-0.3, -0.25) is 9.59 Å². The Morgan fingerprint density at radius 1 is 1.28 bits per heavy atom. The molecule has 2 aromatic carbocycles. The molecular weight excluding hydrogens is 340 g/mol. The van der Waals surface area contributed by atoms with Crippen molar-refractivity contribution in [3.63, 3.8) is 0 Å². The van der Waals surface area contributed by atoms with E-state index in [1.165, 1.54) is 7.11 Å². The molecule has 1 unspecified atom stereocenters. The zero-order chi connectivity index (χ0) is 18.0. The molecule has 2 aromatic rings. The van der Waals surface area contributed by atoms with Gasteiger partial charge < -0.3 is 15.0 Å². The van der Waals surface area contributed by atoms with E-state index in [4.69, 9.17) is 16.3 Å². The molecule has 5 nitrogen and oxygen atoms in total. The van der Waals surface area contributed by atoms with E-state index in [1.807, 2.05) is 25.1 Å². The van der Waals surface area contributed by atoms with Crippen LogP contribution in [-0.2, 0) is 4.79 Å². The Balaban J connectivity index is 1.75. The van der Waals surface area contributed by atoms with Gasteiger partial charge >= 0.3 is 0 Å². The summed E-state index contributed by atoms with van der Waals surface area (Å²) in [5.74, 6) is 0.249. The Hall–Kier alpha value is -2.53. The molecule has 0 saturated carbocycles. The highest BCUT2D eigenvalue weighted by Crippen LogP contribution is 2.26. The summed E-state index contributed by atoms with van der Waals surface area (Å²) in [5.41, 5.74) is 2.06. The molecule has 1 heterocycles. The molecule has 0 aromatic heterocycles. The molecule has 0 spiro atoms. The molecule has 1 fully saturated rings. The minimum atomic E-state index is -0.261. The van der Waals surface area contributed by atoms with E-state index < -0.39 is 0 Å². The number of benzene rings is 2. The van der Waals surface area contributed by atoms with Crippen LogP contribution in [0.5, 0.6) is 5.75 Å². The van der Waals surface area contributed by atoms with Gasteiger partial charge in [-0.25, -0.2) is 0 Å². The highest BCUT2D eigenvalue weighted by atomic mass is 35.5. The lowest BCUT2D eigenvalue weighted by Crippen LogP contribution is -2.37. The van der Waals surface area contributed by atoms with E-state index in [-0.39, 0.29) is 24.3 Å². The van der Waals surface area contributed by atoms with Crippen LogP contribution in [0.1, 0.15) is 22.3 Å². The second-order valence-electron chi connectivity index (χ2n) is 6.01. The summed E-state index contributed by atoms with van der Waals surface area (Å²) in [6.45, 7) is 2.27. The van der Waals surface area contributed by atoms with Gasteiger partial charge in [0.15, 0.2) is 0 Å². The van der Waals surface area contributed by atoms with Crippen LogP contribution in [0.4, 0.5) is 5.69 Å². The first-order chi connectivity index (χ1) is 12.0. The second kappa shape index (κ2) is 7.15. The van der Waals surface area contributed by atoms with Crippen LogP contribution in [0.25, 0.3) is 0 Å². The number of carbonyl (C=O) groups excluding carboxylic acids is 2. The van der Waals surface area contributed by atoms with Gasteiger partial charge in [-0.1, -0.05) is 29.8 Å². The number of amides is 2. The van der Waals surface area contributed by atoms with Crippen LogP contribution >= 0.6 is 11.6 Å². The normalized spacial score (nSPS) is 16.8. The number of methoxy groups -OCH3 is 1. The summed E-state index contributed by atoms with van der Waals surface area (Å²) in [6.07, 6.45) is 0.256. The van der Waals surface area contributed by atoms with Crippen molar-refractivity contribution < 1.29 is 14.3 Å². The summed E-state index contributed by atoms with van der Waals surface area (Å²) in [5, 5.41) is 3.51. The smallest absolute Gasteiger partial charge is 0.255 e. The lowest BCUT2D eigenvalue weighted by molar-refractivity contribution is -0.117. The predicted octanol–water partition coefficient (Wildman–Crippen LogP) is 3.19. The van der Waals surface area contributed by atoms with Crippen molar-refractivity contribution in [1.29, 1.82) is 0 Å². The number of ether oxygens (including phenoxy) is 1. The van der Waals surface area contributed by atoms with Gasteiger partial charge in [0.05, 0.1) is 18.7 Å². The number of anilines is 1. The third-order valence-corrected chi connectivity index (χ3v) is 4.50. The number of hydrogen-bond donors (Lipinski definition) is 1. The first-order valence-electron chi connectivity index (χ1n) is 8.00. The van der Waals surface area contributed by atoms with Gasteiger partial charge in [0.25, 0.3) is 5.91 Å². The number of hydrogen-bond acceptors (Lipinski definition) is 3. The molecule has 1 atom stereocenters. The van der Waals surface area contributed by atoms with Gasteiger partial charge in [-0.05, 0) is 36.8 Å². The minimum absolute atomic E-state index is 0.0377. The fourth-order valence-corrected chi connectivity index (χ4v) is 3.24. The Morgan fingerprint density at radius 3 is 2.76 bits per heavy atom. The molecule has 1 aliphatic heterocycles. The standard InChI is InChI=1S/C19H19ClN2O3/c1-12-5-3-8-16(25-2)18(12)19(24)21-14-10-17(23)22(11-14)15-7-4-6-13(20)9-15/h3-9,14H,10-11H2,1-2H3,(H,21,24). The lowest BCUT2D eigenvalue weighted by Gasteiger charge is -2.18. The molecule has 0 bridgehead atoms. The molecule has 0 aliphatic carbocycles. The number of aryl methyl sites for hydroxylation is 1. The van der Waals surface area contributed by atoms with Crippen molar-refractivity contribution in [3.8, 4) is 5.75 Å². The van der Waals surface area contributed by atoms with E-state index in [9.17, 15) is 9.59 Å². The highest BCUT2D eigenvalue weighted by molar-refractivity contribution is 6.30. The van der Waals surface area contributed by atoms with Gasteiger partial charge in [-0.2, -0.15) is 0 Å². The van der Waals surface area contributed by atoms with Crippen molar-refractivity contribution in [1.82, 2.24) is 5.32 Å². The summed E-state index contributed by atoms with van der Waals surface area (Å²) in [6, 6.07) is 12.3. The summed E-state index contributed by atoms with van der Waals surface area (Å²) in [4.78, 5) is 26.6. The molecule has 3 rings (SSSR count). The average molecular weight is 359 g/mol. The van der Waals surface area contributed by atoms with Gasteiger partial charge in [-0.15, -0.1) is 0 Å². The predicted molar refractivity (Wildman–Crippen MR) is 97.4 cm³/mol. The Bertz CT molecular complexity index is 822. The van der Waals surface area contributed by atoms with Crippen LogP contribution in [0.15, 0.2) is 42.5 Å².